The van der Waals surface area contributed by atoms with Gasteiger partial charge in [-0.3, -0.25) is 9.78 Å². The molecule has 2 heterocycles. The van der Waals surface area contributed by atoms with Crippen molar-refractivity contribution in [2.45, 2.75) is 79.8 Å². The van der Waals surface area contributed by atoms with Crippen LogP contribution in [-0.2, 0) is 17.6 Å². The highest BCUT2D eigenvalue weighted by Crippen LogP contribution is 2.43. The SMILES string of the molecule is CC.CC(C)(C)O.Cc1cc2cc(C(C)C)c(F)cc2c(-c2ccc3c4c(ccnc24)CCO3)c1CC(=O)O. The molecule has 5 rings (SSSR count). The Balaban J connectivity index is 0.000000542. The largest absolute Gasteiger partial charge is 0.493 e. The number of halogens is 1. The monoisotopic (exact) mass is 533 g/mol. The number of pyridine rings is 1. The van der Waals surface area contributed by atoms with Gasteiger partial charge in [0.1, 0.15) is 11.6 Å². The number of carboxylic acids is 1. The number of benzene rings is 3. The van der Waals surface area contributed by atoms with Crippen molar-refractivity contribution in [3.63, 3.8) is 0 Å². The summed E-state index contributed by atoms with van der Waals surface area (Å²) in [6, 6.07) is 11.2. The highest BCUT2D eigenvalue weighted by atomic mass is 19.1. The third-order valence-corrected chi connectivity index (χ3v) is 6.38. The minimum atomic E-state index is -0.924. The average Bonchev–Trinajstić information content (AvgIpc) is 2.85. The second-order valence-corrected chi connectivity index (χ2v) is 10.9. The molecule has 39 heavy (non-hydrogen) atoms. The number of aromatic nitrogens is 1. The lowest BCUT2D eigenvalue weighted by Crippen LogP contribution is -2.10. The Bertz CT molecular complexity index is 1490. The fourth-order valence-electron chi connectivity index (χ4n) is 4.86. The van der Waals surface area contributed by atoms with Crippen LogP contribution in [0.1, 0.15) is 76.6 Å². The van der Waals surface area contributed by atoms with Gasteiger partial charge in [0, 0.05) is 23.6 Å². The van der Waals surface area contributed by atoms with E-state index < -0.39 is 11.6 Å². The summed E-state index contributed by atoms with van der Waals surface area (Å²) in [4.78, 5) is 16.4. The van der Waals surface area contributed by atoms with E-state index in [1.807, 2.05) is 65.0 Å². The summed E-state index contributed by atoms with van der Waals surface area (Å²) in [6.07, 6.45) is 2.42. The Labute approximate surface area is 230 Å². The highest BCUT2D eigenvalue weighted by molar-refractivity contribution is 6.08. The maximum atomic E-state index is 15.1. The van der Waals surface area contributed by atoms with E-state index >= 15 is 4.39 Å². The summed E-state index contributed by atoms with van der Waals surface area (Å²) in [5.74, 6) is -0.380. The van der Waals surface area contributed by atoms with Crippen LogP contribution in [0.3, 0.4) is 0 Å². The molecule has 0 atom stereocenters. The normalized spacial score (nSPS) is 12.4. The molecule has 5 nitrogen and oxygen atoms in total. The van der Waals surface area contributed by atoms with E-state index in [-0.39, 0.29) is 18.2 Å². The Morgan fingerprint density at radius 2 is 1.79 bits per heavy atom. The number of aliphatic carboxylic acids is 1. The quantitative estimate of drug-likeness (QED) is 0.278. The molecule has 6 heteroatoms. The molecule has 0 saturated heterocycles. The summed E-state index contributed by atoms with van der Waals surface area (Å²) in [5.41, 5.74) is 5.15. The van der Waals surface area contributed by atoms with Crippen LogP contribution in [0.5, 0.6) is 5.75 Å². The lowest BCUT2D eigenvalue weighted by molar-refractivity contribution is -0.136. The minimum absolute atomic E-state index is 0.0428. The highest BCUT2D eigenvalue weighted by Gasteiger charge is 2.23. The Kier molecular flexibility index (Phi) is 9.34. The van der Waals surface area contributed by atoms with E-state index in [1.54, 1.807) is 33.0 Å². The van der Waals surface area contributed by atoms with Gasteiger partial charge in [-0.2, -0.15) is 0 Å². The van der Waals surface area contributed by atoms with Crippen LogP contribution in [0.4, 0.5) is 4.39 Å². The van der Waals surface area contributed by atoms with Crippen molar-refractivity contribution in [3.8, 4) is 16.9 Å². The number of nitrogens with zero attached hydrogens (tertiary/aromatic N) is 1. The summed E-state index contributed by atoms with van der Waals surface area (Å²) >= 11 is 0. The van der Waals surface area contributed by atoms with Crippen molar-refractivity contribution in [1.29, 1.82) is 0 Å². The first-order chi connectivity index (χ1) is 18.3. The van der Waals surface area contributed by atoms with E-state index in [1.165, 1.54) is 0 Å². The smallest absolute Gasteiger partial charge is 0.307 e. The summed E-state index contributed by atoms with van der Waals surface area (Å²) in [6.45, 7) is 15.7. The van der Waals surface area contributed by atoms with Crippen LogP contribution in [0.25, 0.3) is 32.8 Å². The van der Waals surface area contributed by atoms with E-state index in [2.05, 4.69) is 4.98 Å². The fourth-order valence-corrected chi connectivity index (χ4v) is 4.86. The van der Waals surface area contributed by atoms with Crippen LogP contribution in [0.15, 0.2) is 42.6 Å². The molecular formula is C33H40FNO4. The maximum absolute atomic E-state index is 15.1. The Hall–Kier alpha value is -3.51. The van der Waals surface area contributed by atoms with E-state index in [0.717, 1.165) is 50.7 Å². The second kappa shape index (κ2) is 12.1. The minimum Gasteiger partial charge on any atom is -0.493 e. The van der Waals surface area contributed by atoms with Gasteiger partial charge in [0.05, 0.1) is 24.1 Å². The molecule has 0 bridgehead atoms. The van der Waals surface area contributed by atoms with Gasteiger partial charge < -0.3 is 14.9 Å². The molecule has 0 aliphatic carbocycles. The fraction of sp³-hybridized carbons (Fsp3) is 0.394. The first-order valence-corrected chi connectivity index (χ1v) is 13.6. The van der Waals surface area contributed by atoms with E-state index in [4.69, 9.17) is 9.84 Å². The molecule has 1 aliphatic rings. The third kappa shape index (κ3) is 6.74. The summed E-state index contributed by atoms with van der Waals surface area (Å²) < 4.78 is 21.0. The summed E-state index contributed by atoms with van der Waals surface area (Å²) in [7, 11) is 0. The predicted molar refractivity (Wildman–Crippen MR) is 157 cm³/mol. The topological polar surface area (TPSA) is 79.7 Å². The number of aliphatic hydroxyl groups is 1. The molecule has 2 N–H and O–H groups in total. The van der Waals surface area contributed by atoms with Crippen molar-refractivity contribution < 1.29 is 24.1 Å². The maximum Gasteiger partial charge on any atom is 0.307 e. The molecule has 0 saturated carbocycles. The summed E-state index contributed by atoms with van der Waals surface area (Å²) in [5, 5.41) is 20.7. The zero-order valence-electron chi connectivity index (χ0n) is 24.3. The molecule has 0 amide bonds. The molecule has 1 aromatic heterocycles. The zero-order valence-corrected chi connectivity index (χ0v) is 24.3. The number of aryl methyl sites for hydroxylation is 1. The van der Waals surface area contributed by atoms with Crippen molar-refractivity contribution in [2.24, 2.45) is 0 Å². The van der Waals surface area contributed by atoms with Gasteiger partial charge in [0.2, 0.25) is 0 Å². The number of fused-ring (bicyclic) bond motifs is 1. The van der Waals surface area contributed by atoms with Gasteiger partial charge in [-0.15, -0.1) is 0 Å². The van der Waals surface area contributed by atoms with Crippen molar-refractivity contribution in [2.75, 3.05) is 6.61 Å². The van der Waals surface area contributed by atoms with Crippen molar-refractivity contribution in [3.05, 3.63) is 70.7 Å². The van der Waals surface area contributed by atoms with Crippen LogP contribution in [-0.4, -0.2) is 33.4 Å². The van der Waals surface area contributed by atoms with Crippen LogP contribution >= 0.6 is 0 Å². The molecule has 1 aliphatic heterocycles. The molecule has 3 aromatic carbocycles. The Morgan fingerprint density at radius 3 is 2.41 bits per heavy atom. The number of rotatable bonds is 4. The van der Waals surface area contributed by atoms with Crippen LogP contribution in [0, 0.1) is 12.7 Å². The van der Waals surface area contributed by atoms with Gasteiger partial charge in [-0.1, -0.05) is 33.8 Å². The van der Waals surface area contributed by atoms with E-state index in [0.29, 0.717) is 23.1 Å². The molecule has 4 aromatic rings. The van der Waals surface area contributed by atoms with Gasteiger partial charge in [0.15, 0.2) is 0 Å². The predicted octanol–water partition coefficient (Wildman–Crippen LogP) is 7.99. The molecule has 0 spiro atoms. The van der Waals surface area contributed by atoms with Gasteiger partial charge in [-0.05, 0) is 103 Å². The van der Waals surface area contributed by atoms with Crippen molar-refractivity contribution >= 4 is 27.6 Å². The Morgan fingerprint density at radius 1 is 1.13 bits per heavy atom. The number of hydrogen-bond donors (Lipinski definition) is 2. The molecular weight excluding hydrogens is 493 g/mol. The first kappa shape index (κ1) is 30.0. The van der Waals surface area contributed by atoms with Gasteiger partial charge in [-0.25, -0.2) is 4.39 Å². The first-order valence-electron chi connectivity index (χ1n) is 13.6. The zero-order chi connectivity index (χ0) is 29.1. The number of ether oxygens (including phenoxy) is 1. The van der Waals surface area contributed by atoms with Gasteiger partial charge >= 0.3 is 5.97 Å². The lowest BCUT2D eigenvalue weighted by atomic mass is 9.85. The molecule has 0 radical (unpaired) electrons. The number of hydrogen-bond acceptors (Lipinski definition) is 4. The standard InChI is InChI=1S/C27H24FNO3.C4H10O.C2H6/c1-14(2)19-11-17-10-15(3)20(13-24(30)31)26(21(17)12-22(19)28)18-4-5-23-25-16(7-9-32-23)6-8-29-27(18)25;1-4(2,3)5;1-2/h4-6,8,10-12,14H,7,9,13H2,1-3H3,(H,30,31);5H,1-3H3;1-2H3. The average molecular weight is 534 g/mol. The van der Waals surface area contributed by atoms with Crippen LogP contribution < -0.4 is 4.74 Å². The number of carboxylic acid groups (broad SMARTS) is 1. The van der Waals surface area contributed by atoms with Crippen LogP contribution in [0.2, 0.25) is 0 Å². The molecule has 208 valence electrons. The van der Waals surface area contributed by atoms with E-state index in [9.17, 15) is 9.90 Å². The molecule has 0 fully saturated rings. The van der Waals surface area contributed by atoms with Crippen molar-refractivity contribution in [1.82, 2.24) is 4.98 Å². The lowest BCUT2D eigenvalue weighted by Gasteiger charge is -2.22. The molecule has 0 unspecified atom stereocenters. The third-order valence-electron chi connectivity index (χ3n) is 6.38. The second-order valence-electron chi connectivity index (χ2n) is 10.9. The van der Waals surface area contributed by atoms with Gasteiger partial charge in [0.25, 0.3) is 0 Å². The number of carbonyl (C=O) groups is 1.